The van der Waals surface area contributed by atoms with Crippen LogP contribution in [0.2, 0.25) is 0 Å². The summed E-state index contributed by atoms with van der Waals surface area (Å²) >= 11 is 1.53. The monoisotopic (exact) mass is 274 g/mol. The molecule has 1 aromatic carbocycles. The number of carbonyl (C=O) groups is 1. The largest absolute Gasteiger partial charge is 0.507 e. The van der Waals surface area contributed by atoms with E-state index < -0.39 is 0 Å². The first-order valence-corrected chi connectivity index (χ1v) is 7.05. The van der Waals surface area contributed by atoms with Crippen LogP contribution >= 0.6 is 11.3 Å². The van der Waals surface area contributed by atoms with Crippen molar-refractivity contribution in [3.63, 3.8) is 0 Å². The number of hydrogen-bond acceptors (Lipinski definition) is 4. The van der Waals surface area contributed by atoms with Crippen LogP contribution in [-0.4, -0.2) is 16.0 Å². The van der Waals surface area contributed by atoms with Gasteiger partial charge in [0.05, 0.1) is 11.3 Å². The van der Waals surface area contributed by atoms with E-state index in [2.05, 4.69) is 10.3 Å². The van der Waals surface area contributed by atoms with E-state index in [1.54, 1.807) is 25.1 Å². The second-order valence-electron chi connectivity index (χ2n) is 4.67. The lowest BCUT2D eigenvalue weighted by Crippen LogP contribution is -2.12. The van der Waals surface area contributed by atoms with Gasteiger partial charge in [0.25, 0.3) is 5.91 Å². The number of aryl methyl sites for hydroxylation is 3. The first-order chi connectivity index (χ1) is 9.15. The zero-order valence-corrected chi connectivity index (χ0v) is 11.4. The number of fused-ring (bicyclic) bond motifs is 1. The topological polar surface area (TPSA) is 62.2 Å². The van der Waals surface area contributed by atoms with E-state index in [-0.39, 0.29) is 17.2 Å². The molecule has 5 heteroatoms. The summed E-state index contributed by atoms with van der Waals surface area (Å²) in [5.74, 6) is -0.280. The summed E-state index contributed by atoms with van der Waals surface area (Å²) in [6, 6.07) is 5.13. The lowest BCUT2D eigenvalue weighted by Gasteiger charge is -2.06. The van der Waals surface area contributed by atoms with Crippen LogP contribution in [-0.2, 0) is 12.8 Å². The third kappa shape index (κ3) is 2.21. The van der Waals surface area contributed by atoms with E-state index in [4.69, 9.17) is 0 Å². The van der Waals surface area contributed by atoms with Crippen molar-refractivity contribution in [1.29, 1.82) is 0 Å². The van der Waals surface area contributed by atoms with E-state index in [0.717, 1.165) is 25.0 Å². The fraction of sp³-hybridized carbons (Fsp3) is 0.286. The standard InChI is InChI=1S/C14H14N2O2S/c1-8-4-2-5-9(12(8)17)13(18)16-14-15-10-6-3-7-11(10)19-14/h2,4-5,17H,3,6-7H2,1H3,(H,15,16,18). The lowest BCUT2D eigenvalue weighted by atomic mass is 10.1. The third-order valence-electron chi connectivity index (χ3n) is 3.30. The first kappa shape index (κ1) is 12.2. The fourth-order valence-electron chi connectivity index (χ4n) is 2.25. The lowest BCUT2D eigenvalue weighted by molar-refractivity contribution is 0.102. The van der Waals surface area contributed by atoms with Gasteiger partial charge in [-0.1, -0.05) is 12.1 Å². The van der Waals surface area contributed by atoms with Crippen LogP contribution in [0.5, 0.6) is 5.75 Å². The first-order valence-electron chi connectivity index (χ1n) is 6.23. The Morgan fingerprint density at radius 3 is 3.05 bits per heavy atom. The van der Waals surface area contributed by atoms with Crippen LogP contribution in [0, 0.1) is 6.92 Å². The minimum absolute atomic E-state index is 0.0316. The van der Waals surface area contributed by atoms with Crippen molar-refractivity contribution in [2.45, 2.75) is 26.2 Å². The molecule has 0 atom stereocenters. The number of amides is 1. The SMILES string of the molecule is Cc1cccc(C(=O)Nc2nc3c(s2)CCC3)c1O. The molecule has 0 bridgehead atoms. The van der Waals surface area contributed by atoms with Gasteiger partial charge in [0.2, 0.25) is 0 Å². The molecular weight excluding hydrogens is 260 g/mol. The van der Waals surface area contributed by atoms with Crippen LogP contribution in [0.4, 0.5) is 5.13 Å². The van der Waals surface area contributed by atoms with Gasteiger partial charge in [0, 0.05) is 4.88 Å². The van der Waals surface area contributed by atoms with E-state index in [1.165, 1.54) is 16.2 Å². The Morgan fingerprint density at radius 2 is 2.26 bits per heavy atom. The highest BCUT2D eigenvalue weighted by Crippen LogP contribution is 2.31. The normalized spacial score (nSPS) is 13.3. The van der Waals surface area contributed by atoms with Crippen molar-refractivity contribution >= 4 is 22.4 Å². The van der Waals surface area contributed by atoms with Gasteiger partial charge >= 0.3 is 0 Å². The average molecular weight is 274 g/mol. The van der Waals surface area contributed by atoms with Crippen LogP contribution in [0.25, 0.3) is 0 Å². The molecule has 0 radical (unpaired) electrons. The number of thiazole rings is 1. The number of aromatic nitrogens is 1. The van der Waals surface area contributed by atoms with Gasteiger partial charge in [-0.15, -0.1) is 11.3 Å². The average Bonchev–Trinajstić information content (AvgIpc) is 2.93. The summed E-state index contributed by atoms with van der Waals surface area (Å²) in [7, 11) is 0. The summed E-state index contributed by atoms with van der Waals surface area (Å²) in [5.41, 5.74) is 2.08. The van der Waals surface area contributed by atoms with Gasteiger partial charge in [0.15, 0.2) is 5.13 Å². The molecule has 0 unspecified atom stereocenters. The molecule has 19 heavy (non-hydrogen) atoms. The van der Waals surface area contributed by atoms with E-state index >= 15 is 0 Å². The van der Waals surface area contributed by atoms with Crippen molar-refractivity contribution < 1.29 is 9.90 Å². The Balaban J connectivity index is 1.82. The van der Waals surface area contributed by atoms with Crippen LogP contribution < -0.4 is 5.32 Å². The van der Waals surface area contributed by atoms with Gasteiger partial charge in [-0.2, -0.15) is 0 Å². The van der Waals surface area contributed by atoms with E-state index in [9.17, 15) is 9.90 Å². The molecular formula is C14H14N2O2S. The zero-order valence-electron chi connectivity index (χ0n) is 10.6. The molecule has 1 aliphatic carbocycles. The molecule has 3 rings (SSSR count). The number of aromatic hydroxyl groups is 1. The number of phenolic OH excluding ortho intramolecular Hbond substituents is 1. The summed E-state index contributed by atoms with van der Waals surface area (Å²) in [6.45, 7) is 1.77. The molecule has 98 valence electrons. The number of nitrogens with one attached hydrogen (secondary N) is 1. The predicted molar refractivity (Wildman–Crippen MR) is 74.9 cm³/mol. The highest BCUT2D eigenvalue weighted by molar-refractivity contribution is 7.16. The Bertz CT molecular complexity index is 627. The molecule has 1 aromatic heterocycles. The van der Waals surface area contributed by atoms with Gasteiger partial charge in [-0.3, -0.25) is 10.1 Å². The molecule has 0 fully saturated rings. The number of rotatable bonds is 2. The molecule has 1 aliphatic rings. The third-order valence-corrected chi connectivity index (χ3v) is 4.37. The van der Waals surface area contributed by atoms with Crippen molar-refractivity contribution in [3.8, 4) is 5.75 Å². The van der Waals surface area contributed by atoms with Crippen LogP contribution in [0.15, 0.2) is 18.2 Å². The second kappa shape index (κ2) is 4.66. The Kier molecular flexibility index (Phi) is 2.98. The smallest absolute Gasteiger partial charge is 0.261 e. The predicted octanol–water partition coefficient (Wildman–Crippen LogP) is 2.90. The fourth-order valence-corrected chi connectivity index (χ4v) is 3.30. The van der Waals surface area contributed by atoms with Gasteiger partial charge in [0.1, 0.15) is 5.75 Å². The summed E-state index contributed by atoms with van der Waals surface area (Å²) < 4.78 is 0. The number of hydrogen-bond donors (Lipinski definition) is 2. The molecule has 0 aliphatic heterocycles. The molecule has 1 heterocycles. The van der Waals surface area contributed by atoms with E-state index in [1.807, 2.05) is 0 Å². The second-order valence-corrected chi connectivity index (χ2v) is 5.75. The number of phenols is 1. The van der Waals surface area contributed by atoms with E-state index in [0.29, 0.717) is 10.7 Å². The Morgan fingerprint density at radius 1 is 1.42 bits per heavy atom. The molecule has 2 N–H and O–H groups in total. The number of para-hydroxylation sites is 1. The number of carbonyl (C=O) groups excluding carboxylic acids is 1. The maximum absolute atomic E-state index is 12.1. The quantitative estimate of drug-likeness (QED) is 0.885. The van der Waals surface area contributed by atoms with Gasteiger partial charge in [-0.25, -0.2) is 4.98 Å². The highest BCUT2D eigenvalue weighted by atomic mass is 32.1. The molecule has 2 aromatic rings. The Labute approximate surface area is 115 Å². The summed E-state index contributed by atoms with van der Waals surface area (Å²) in [6.07, 6.45) is 3.21. The van der Waals surface area contributed by atoms with Gasteiger partial charge < -0.3 is 5.11 Å². The van der Waals surface area contributed by atoms with Crippen molar-refractivity contribution in [1.82, 2.24) is 4.98 Å². The molecule has 0 saturated carbocycles. The summed E-state index contributed by atoms with van der Waals surface area (Å²) in [5, 5.41) is 13.3. The molecule has 1 amide bonds. The highest BCUT2D eigenvalue weighted by Gasteiger charge is 2.19. The van der Waals surface area contributed by atoms with Crippen molar-refractivity contribution in [3.05, 3.63) is 39.9 Å². The van der Waals surface area contributed by atoms with Gasteiger partial charge in [-0.05, 0) is 37.8 Å². The Hall–Kier alpha value is -1.88. The minimum atomic E-state index is -0.311. The number of anilines is 1. The molecule has 0 spiro atoms. The maximum atomic E-state index is 12.1. The van der Waals surface area contributed by atoms with Crippen molar-refractivity contribution in [2.75, 3.05) is 5.32 Å². The molecule has 4 nitrogen and oxygen atoms in total. The minimum Gasteiger partial charge on any atom is -0.507 e. The molecule has 0 saturated heterocycles. The van der Waals surface area contributed by atoms with Crippen LogP contribution in [0.3, 0.4) is 0 Å². The van der Waals surface area contributed by atoms with Crippen LogP contribution in [0.1, 0.15) is 32.9 Å². The van der Waals surface area contributed by atoms with Crippen molar-refractivity contribution in [2.24, 2.45) is 0 Å². The summed E-state index contributed by atoms with van der Waals surface area (Å²) in [4.78, 5) is 17.8. The number of nitrogens with zero attached hydrogens (tertiary/aromatic N) is 1. The zero-order chi connectivity index (χ0) is 13.4. The number of benzene rings is 1. The maximum Gasteiger partial charge on any atom is 0.261 e.